The van der Waals surface area contributed by atoms with Crippen molar-refractivity contribution in [1.82, 2.24) is 0 Å². The molecule has 214 valence electrons. The summed E-state index contributed by atoms with van der Waals surface area (Å²) in [5, 5.41) is 10.4. The third-order valence-corrected chi connectivity index (χ3v) is 6.37. The maximum atomic E-state index is 12.7. The van der Waals surface area contributed by atoms with Crippen LogP contribution < -0.4 is 23.7 Å². The summed E-state index contributed by atoms with van der Waals surface area (Å²) in [6, 6.07) is 15.7. The quantitative estimate of drug-likeness (QED) is 0.177. The minimum Gasteiger partial charge on any atom is -0.493 e. The molecule has 0 saturated carbocycles. The molecule has 4 rings (SSSR count). The monoisotopic (exact) mass is 562 g/mol. The zero-order chi connectivity index (χ0) is 29.5. The van der Waals surface area contributed by atoms with E-state index in [1.807, 2.05) is 12.1 Å². The molecule has 10 nitrogen and oxygen atoms in total. The van der Waals surface area contributed by atoms with Crippen molar-refractivity contribution in [2.45, 2.75) is 12.5 Å². The number of aliphatic carboxylic acids is 1. The first-order valence-corrected chi connectivity index (χ1v) is 12.5. The number of carboxylic acid groups (broad SMARTS) is 1. The van der Waals surface area contributed by atoms with E-state index in [9.17, 15) is 14.7 Å². The van der Waals surface area contributed by atoms with Crippen LogP contribution in [0.3, 0.4) is 0 Å². The number of rotatable bonds is 12. The van der Waals surface area contributed by atoms with Crippen molar-refractivity contribution in [3.05, 3.63) is 71.8 Å². The van der Waals surface area contributed by atoms with Gasteiger partial charge in [-0.1, -0.05) is 12.1 Å². The Labute approximate surface area is 236 Å². The molecule has 0 saturated heterocycles. The molecule has 1 heterocycles. The van der Waals surface area contributed by atoms with E-state index < -0.39 is 18.0 Å². The molecule has 0 aliphatic rings. The molecule has 41 heavy (non-hydrogen) atoms. The molecule has 0 fully saturated rings. The lowest BCUT2D eigenvalue weighted by Crippen LogP contribution is -2.28. The van der Waals surface area contributed by atoms with Crippen LogP contribution in [0.15, 0.2) is 65.1 Å². The van der Waals surface area contributed by atoms with Crippen LogP contribution in [-0.2, 0) is 20.7 Å². The first kappa shape index (κ1) is 28.9. The highest BCUT2D eigenvalue weighted by Crippen LogP contribution is 2.39. The average molecular weight is 563 g/mol. The summed E-state index contributed by atoms with van der Waals surface area (Å²) in [6.07, 6.45) is 1.24. The lowest BCUT2D eigenvalue weighted by atomic mass is 10.1. The van der Waals surface area contributed by atoms with E-state index in [2.05, 4.69) is 0 Å². The molecular weight excluding hydrogens is 532 g/mol. The number of ether oxygens (including phenoxy) is 6. The van der Waals surface area contributed by atoms with Gasteiger partial charge in [0.15, 0.2) is 34.3 Å². The van der Waals surface area contributed by atoms with Gasteiger partial charge in [0.1, 0.15) is 5.76 Å². The lowest BCUT2D eigenvalue weighted by Gasteiger charge is -2.14. The third-order valence-electron chi connectivity index (χ3n) is 6.37. The Morgan fingerprint density at radius 2 is 1.39 bits per heavy atom. The summed E-state index contributed by atoms with van der Waals surface area (Å²) < 4.78 is 38.1. The smallest absolute Gasteiger partial charge is 0.345 e. The molecule has 0 aliphatic heterocycles. The molecule has 0 bridgehead atoms. The highest BCUT2D eigenvalue weighted by molar-refractivity contribution is 5.97. The Morgan fingerprint density at radius 1 is 0.780 bits per heavy atom. The van der Waals surface area contributed by atoms with Crippen LogP contribution in [0.4, 0.5) is 0 Å². The van der Waals surface area contributed by atoms with Crippen molar-refractivity contribution in [1.29, 1.82) is 0 Å². The summed E-state index contributed by atoms with van der Waals surface area (Å²) in [6.45, 7) is 0. The molecule has 0 spiro atoms. The van der Waals surface area contributed by atoms with E-state index in [0.29, 0.717) is 56.6 Å². The van der Waals surface area contributed by atoms with Gasteiger partial charge in [0.2, 0.25) is 6.10 Å². The Morgan fingerprint density at radius 3 is 2.02 bits per heavy atom. The fraction of sp³-hybridized carbons (Fsp3) is 0.226. The van der Waals surface area contributed by atoms with Gasteiger partial charge in [-0.2, -0.15) is 0 Å². The fourth-order valence-corrected chi connectivity index (χ4v) is 4.30. The third kappa shape index (κ3) is 6.38. The summed E-state index contributed by atoms with van der Waals surface area (Å²) in [7, 11) is 7.62. The number of fused-ring (bicyclic) bond motifs is 1. The van der Waals surface area contributed by atoms with Gasteiger partial charge in [0.05, 0.1) is 35.5 Å². The molecule has 1 N–H and O–H groups in total. The average Bonchev–Trinajstić information content (AvgIpc) is 3.45. The number of carboxylic acids is 1. The Kier molecular flexibility index (Phi) is 9.03. The Hall–Kier alpha value is -5.12. The molecule has 1 aromatic heterocycles. The minimum atomic E-state index is -1.41. The first-order chi connectivity index (χ1) is 19.8. The van der Waals surface area contributed by atoms with Gasteiger partial charge < -0.3 is 37.9 Å². The Balaban J connectivity index is 1.58. The van der Waals surface area contributed by atoms with E-state index in [1.165, 1.54) is 33.5 Å². The van der Waals surface area contributed by atoms with Gasteiger partial charge in [-0.05, 0) is 59.7 Å². The van der Waals surface area contributed by atoms with Gasteiger partial charge in [-0.3, -0.25) is 0 Å². The Bertz CT molecular complexity index is 1580. The van der Waals surface area contributed by atoms with Crippen molar-refractivity contribution < 1.29 is 47.5 Å². The van der Waals surface area contributed by atoms with E-state index in [4.69, 9.17) is 32.8 Å². The summed E-state index contributed by atoms with van der Waals surface area (Å²) in [4.78, 5) is 24.5. The van der Waals surface area contributed by atoms with Crippen LogP contribution in [0.25, 0.3) is 28.4 Å². The number of carbonyl (C=O) groups is 2. The van der Waals surface area contributed by atoms with Gasteiger partial charge in [0, 0.05) is 23.4 Å². The predicted octanol–water partition coefficient (Wildman–Crippen LogP) is 5.40. The van der Waals surface area contributed by atoms with Crippen molar-refractivity contribution in [3.63, 3.8) is 0 Å². The van der Waals surface area contributed by atoms with Crippen LogP contribution >= 0.6 is 0 Å². The molecule has 0 amide bonds. The van der Waals surface area contributed by atoms with Gasteiger partial charge in [0.25, 0.3) is 0 Å². The van der Waals surface area contributed by atoms with Gasteiger partial charge in [-0.15, -0.1) is 0 Å². The van der Waals surface area contributed by atoms with Gasteiger partial charge >= 0.3 is 11.9 Å². The van der Waals surface area contributed by atoms with Crippen molar-refractivity contribution >= 4 is 29.0 Å². The lowest BCUT2D eigenvalue weighted by molar-refractivity contribution is -0.160. The van der Waals surface area contributed by atoms with Crippen molar-refractivity contribution in [2.24, 2.45) is 0 Å². The minimum absolute atomic E-state index is 0.0571. The highest BCUT2D eigenvalue weighted by Gasteiger charge is 2.23. The van der Waals surface area contributed by atoms with E-state index in [1.54, 1.807) is 56.7 Å². The van der Waals surface area contributed by atoms with E-state index in [0.717, 1.165) is 5.56 Å². The van der Waals surface area contributed by atoms with Gasteiger partial charge in [-0.25, -0.2) is 9.59 Å². The van der Waals surface area contributed by atoms with Crippen LogP contribution in [0.5, 0.6) is 28.7 Å². The van der Waals surface area contributed by atoms with Crippen LogP contribution in [0.2, 0.25) is 0 Å². The van der Waals surface area contributed by atoms with Crippen LogP contribution in [0.1, 0.15) is 11.1 Å². The second-order valence-electron chi connectivity index (χ2n) is 8.77. The molecule has 10 heteroatoms. The molecule has 0 aliphatic carbocycles. The zero-order valence-corrected chi connectivity index (χ0v) is 23.3. The topological polar surface area (TPSA) is 123 Å². The largest absolute Gasteiger partial charge is 0.493 e. The number of esters is 1. The molecule has 1 atom stereocenters. The number of benzene rings is 3. The number of methoxy groups -OCH3 is 5. The standard InChI is InChI=1S/C31H30O10/c1-35-22-10-6-18(14-26(22)38-4)15-28(31(33)34)40-29(32)13-9-19-7-12-24(37-3)30-21(19)17-25(41-30)20-8-11-23(36-2)27(16-20)39-5/h6-14,16-17,28H,15H2,1-5H3,(H,33,34)/b13-9+/t28-/m1/s1. The highest BCUT2D eigenvalue weighted by atomic mass is 16.6. The van der Waals surface area contributed by atoms with E-state index >= 15 is 0 Å². The first-order valence-electron chi connectivity index (χ1n) is 12.5. The molecular formula is C31H30O10. The fourth-order valence-electron chi connectivity index (χ4n) is 4.30. The predicted molar refractivity (Wildman–Crippen MR) is 151 cm³/mol. The maximum Gasteiger partial charge on any atom is 0.345 e. The second-order valence-corrected chi connectivity index (χ2v) is 8.77. The molecule has 4 aromatic rings. The molecule has 0 radical (unpaired) electrons. The maximum absolute atomic E-state index is 12.7. The SMILES string of the molecule is COc1ccc(C[C@@H](OC(=O)/C=C/c2ccc(OC)c3oc(-c4ccc(OC)c(OC)c4)cc23)C(=O)O)cc1OC. The number of furan rings is 1. The van der Waals surface area contributed by atoms with Crippen LogP contribution in [0, 0.1) is 0 Å². The number of hydrogen-bond donors (Lipinski definition) is 1. The second kappa shape index (κ2) is 12.8. The summed E-state index contributed by atoms with van der Waals surface area (Å²) in [5.41, 5.74) is 2.46. The van der Waals surface area contributed by atoms with Crippen molar-refractivity contribution in [3.8, 4) is 40.1 Å². The molecule has 3 aromatic carbocycles. The number of hydrogen-bond acceptors (Lipinski definition) is 9. The summed E-state index contributed by atoms with van der Waals surface area (Å²) >= 11 is 0. The van der Waals surface area contributed by atoms with Crippen molar-refractivity contribution in [2.75, 3.05) is 35.5 Å². The summed E-state index contributed by atoms with van der Waals surface area (Å²) in [5.74, 6) is 1.03. The van der Waals surface area contributed by atoms with E-state index in [-0.39, 0.29) is 6.42 Å². The van der Waals surface area contributed by atoms with Crippen LogP contribution in [-0.4, -0.2) is 58.7 Å². The zero-order valence-electron chi connectivity index (χ0n) is 23.3. The number of carbonyl (C=O) groups excluding carboxylic acids is 1. The molecule has 0 unspecified atom stereocenters. The normalized spacial score (nSPS) is 11.7.